The maximum absolute atomic E-state index is 13.6. The quantitative estimate of drug-likeness (QED) is 0.129. The van der Waals surface area contributed by atoms with Crippen LogP contribution in [0.1, 0.15) is 56.3 Å². The third-order valence-corrected chi connectivity index (χ3v) is 7.63. The number of rotatable bonds is 15. The molecule has 0 bridgehead atoms. The molecule has 0 radical (unpaired) electrons. The third-order valence-electron chi connectivity index (χ3n) is 7.63. The summed E-state index contributed by atoms with van der Waals surface area (Å²) in [6.07, 6.45) is 1.52. The van der Waals surface area contributed by atoms with Gasteiger partial charge in [0.1, 0.15) is 18.1 Å². The second-order valence-corrected chi connectivity index (χ2v) is 10.4. The van der Waals surface area contributed by atoms with E-state index in [0.717, 1.165) is 31.6 Å². The summed E-state index contributed by atoms with van der Waals surface area (Å²) in [6.45, 7) is 10.0. The molecular formula is C35H42N2O6. The summed E-state index contributed by atoms with van der Waals surface area (Å²) in [5, 5.41) is 11.5. The number of carbonyl (C=O) groups is 2. The second-order valence-electron chi connectivity index (χ2n) is 10.4. The standard InChI is InChI=1S/C35H42N2O6/c1-5-21-42-28-16-11-15-27(22-28)33(38)31-32(37(35(40)34(31)39)20-12-19-36(6-2)7-3)26-17-18-29(30(23-26)41-4)43-24-25-13-9-8-10-14-25/h8-11,13-18,22-23,32,38H,5-7,12,19-21,24H2,1-4H3/b33-31+. The molecule has 3 aromatic rings. The average Bonchev–Trinajstić information content (AvgIpc) is 3.30. The van der Waals surface area contributed by atoms with Crippen LogP contribution in [0.5, 0.6) is 17.2 Å². The van der Waals surface area contributed by atoms with Gasteiger partial charge in [-0.2, -0.15) is 0 Å². The maximum Gasteiger partial charge on any atom is 0.295 e. The number of ether oxygens (including phenoxy) is 3. The first-order valence-electron chi connectivity index (χ1n) is 15.0. The van der Waals surface area contributed by atoms with Crippen molar-refractivity contribution in [3.05, 3.63) is 95.1 Å². The van der Waals surface area contributed by atoms with Gasteiger partial charge in [0, 0.05) is 12.1 Å². The minimum atomic E-state index is -0.797. The third kappa shape index (κ3) is 7.56. The largest absolute Gasteiger partial charge is 0.507 e. The molecule has 4 rings (SSSR count). The van der Waals surface area contributed by atoms with Gasteiger partial charge in [-0.25, -0.2) is 0 Å². The van der Waals surface area contributed by atoms with Crippen LogP contribution in [-0.4, -0.2) is 66.5 Å². The lowest BCUT2D eigenvalue weighted by molar-refractivity contribution is -0.140. The van der Waals surface area contributed by atoms with E-state index in [1.165, 1.54) is 0 Å². The molecule has 0 saturated carbocycles. The van der Waals surface area contributed by atoms with Gasteiger partial charge in [-0.3, -0.25) is 9.59 Å². The molecule has 1 fully saturated rings. The minimum Gasteiger partial charge on any atom is -0.507 e. The molecule has 8 heteroatoms. The number of nitrogens with zero attached hydrogens (tertiary/aromatic N) is 2. The van der Waals surface area contributed by atoms with Gasteiger partial charge in [0.2, 0.25) is 0 Å². The number of amides is 1. The first kappa shape index (κ1) is 31.6. The lowest BCUT2D eigenvalue weighted by Gasteiger charge is -2.27. The van der Waals surface area contributed by atoms with Crippen LogP contribution in [0.2, 0.25) is 0 Å². The molecule has 43 heavy (non-hydrogen) atoms. The van der Waals surface area contributed by atoms with E-state index in [-0.39, 0.29) is 11.3 Å². The minimum absolute atomic E-state index is 0.0421. The molecule has 0 aromatic heterocycles. The summed E-state index contributed by atoms with van der Waals surface area (Å²) < 4.78 is 17.5. The van der Waals surface area contributed by atoms with Gasteiger partial charge in [0.25, 0.3) is 11.7 Å². The fraction of sp³-hybridized carbons (Fsp3) is 0.371. The first-order chi connectivity index (χ1) is 20.9. The highest BCUT2D eigenvalue weighted by molar-refractivity contribution is 6.46. The topological polar surface area (TPSA) is 88.5 Å². The average molecular weight is 587 g/mol. The van der Waals surface area contributed by atoms with Crippen molar-refractivity contribution in [3.8, 4) is 17.2 Å². The highest BCUT2D eigenvalue weighted by atomic mass is 16.5. The number of aliphatic hydroxyl groups is 1. The number of ketones is 1. The highest BCUT2D eigenvalue weighted by Crippen LogP contribution is 2.42. The Balaban J connectivity index is 1.73. The second kappa shape index (κ2) is 15.3. The summed E-state index contributed by atoms with van der Waals surface area (Å²) in [5.74, 6) is 0.00494. The van der Waals surface area contributed by atoms with Crippen molar-refractivity contribution in [1.82, 2.24) is 9.80 Å². The molecule has 1 saturated heterocycles. The van der Waals surface area contributed by atoms with Crippen molar-refractivity contribution in [2.75, 3.05) is 39.9 Å². The molecule has 1 atom stereocenters. The Hall–Kier alpha value is -4.30. The Labute approximate surface area is 254 Å². The summed E-state index contributed by atoms with van der Waals surface area (Å²) in [4.78, 5) is 30.9. The van der Waals surface area contributed by atoms with Crippen LogP contribution in [-0.2, 0) is 16.2 Å². The van der Waals surface area contributed by atoms with Crippen molar-refractivity contribution in [3.63, 3.8) is 0 Å². The van der Waals surface area contributed by atoms with Crippen molar-refractivity contribution >= 4 is 17.4 Å². The Morgan fingerprint density at radius 1 is 0.907 bits per heavy atom. The van der Waals surface area contributed by atoms with Gasteiger partial charge >= 0.3 is 0 Å². The van der Waals surface area contributed by atoms with Gasteiger partial charge in [-0.1, -0.05) is 69.3 Å². The molecular weight excluding hydrogens is 544 g/mol. The van der Waals surface area contributed by atoms with Crippen LogP contribution in [0.4, 0.5) is 0 Å². The molecule has 1 amide bonds. The monoisotopic (exact) mass is 586 g/mol. The van der Waals surface area contributed by atoms with Gasteiger partial charge in [-0.05, 0) is 67.9 Å². The van der Waals surface area contributed by atoms with E-state index in [1.807, 2.05) is 43.3 Å². The summed E-state index contributed by atoms with van der Waals surface area (Å²) in [7, 11) is 1.55. The Morgan fingerprint density at radius 2 is 1.67 bits per heavy atom. The maximum atomic E-state index is 13.6. The van der Waals surface area contributed by atoms with E-state index in [0.29, 0.717) is 54.6 Å². The molecule has 8 nitrogen and oxygen atoms in total. The van der Waals surface area contributed by atoms with Crippen LogP contribution < -0.4 is 14.2 Å². The zero-order valence-electron chi connectivity index (χ0n) is 25.5. The molecule has 1 heterocycles. The van der Waals surface area contributed by atoms with Crippen LogP contribution >= 0.6 is 0 Å². The van der Waals surface area contributed by atoms with Gasteiger partial charge < -0.3 is 29.1 Å². The molecule has 1 N–H and O–H groups in total. The fourth-order valence-corrected chi connectivity index (χ4v) is 5.28. The Kier molecular flexibility index (Phi) is 11.2. The Morgan fingerprint density at radius 3 is 2.37 bits per heavy atom. The zero-order chi connectivity index (χ0) is 30.8. The predicted molar refractivity (Wildman–Crippen MR) is 167 cm³/mol. The number of Topliss-reactive ketones (excluding diaryl/α,β-unsaturated/α-hetero) is 1. The summed E-state index contributed by atoms with van der Waals surface area (Å²) >= 11 is 0. The number of benzene rings is 3. The van der Waals surface area contributed by atoms with Crippen LogP contribution in [0.15, 0.2) is 78.4 Å². The van der Waals surface area contributed by atoms with E-state index in [2.05, 4.69) is 18.7 Å². The molecule has 0 spiro atoms. The molecule has 1 aliphatic rings. The Bertz CT molecular complexity index is 1420. The van der Waals surface area contributed by atoms with Crippen molar-refractivity contribution in [2.45, 2.75) is 46.3 Å². The van der Waals surface area contributed by atoms with E-state index in [1.54, 1.807) is 48.4 Å². The molecule has 1 unspecified atom stereocenters. The first-order valence-corrected chi connectivity index (χ1v) is 15.0. The van der Waals surface area contributed by atoms with E-state index < -0.39 is 17.7 Å². The SMILES string of the molecule is CCCOc1cccc(/C(O)=C2\C(=O)C(=O)N(CCCN(CC)CC)C2c2ccc(OCc3ccccc3)c(OC)c2)c1. The normalized spacial score (nSPS) is 16.1. The van der Waals surface area contributed by atoms with Crippen LogP contribution in [0.3, 0.4) is 0 Å². The van der Waals surface area contributed by atoms with Crippen molar-refractivity contribution in [2.24, 2.45) is 0 Å². The summed E-state index contributed by atoms with van der Waals surface area (Å²) in [6, 6.07) is 21.4. The van der Waals surface area contributed by atoms with Gasteiger partial charge in [0.05, 0.1) is 25.3 Å². The van der Waals surface area contributed by atoms with Crippen molar-refractivity contribution in [1.29, 1.82) is 0 Å². The highest BCUT2D eigenvalue weighted by Gasteiger charge is 2.46. The van der Waals surface area contributed by atoms with Crippen molar-refractivity contribution < 1.29 is 28.9 Å². The predicted octanol–water partition coefficient (Wildman–Crippen LogP) is 6.22. The fourth-order valence-electron chi connectivity index (χ4n) is 5.28. The molecule has 0 aliphatic carbocycles. The summed E-state index contributed by atoms with van der Waals surface area (Å²) in [5.41, 5.74) is 2.11. The van der Waals surface area contributed by atoms with E-state index in [4.69, 9.17) is 14.2 Å². The van der Waals surface area contributed by atoms with E-state index in [9.17, 15) is 14.7 Å². The molecule has 3 aromatic carbocycles. The number of aliphatic hydroxyl groups excluding tert-OH is 1. The number of hydrogen-bond donors (Lipinski definition) is 1. The smallest absolute Gasteiger partial charge is 0.295 e. The number of methoxy groups -OCH3 is 1. The molecule has 1 aliphatic heterocycles. The number of hydrogen-bond acceptors (Lipinski definition) is 7. The molecule has 228 valence electrons. The number of carbonyl (C=O) groups excluding carboxylic acids is 2. The number of likely N-dealkylation sites (tertiary alicyclic amines) is 1. The van der Waals surface area contributed by atoms with Gasteiger partial charge in [-0.15, -0.1) is 0 Å². The zero-order valence-corrected chi connectivity index (χ0v) is 25.5. The van der Waals surface area contributed by atoms with E-state index >= 15 is 0 Å². The lowest BCUT2D eigenvalue weighted by atomic mass is 9.95. The lowest BCUT2D eigenvalue weighted by Crippen LogP contribution is -2.33. The van der Waals surface area contributed by atoms with Crippen LogP contribution in [0.25, 0.3) is 5.76 Å². The van der Waals surface area contributed by atoms with Gasteiger partial charge in [0.15, 0.2) is 11.5 Å². The van der Waals surface area contributed by atoms with Crippen LogP contribution in [0, 0.1) is 0 Å².